The topological polar surface area (TPSA) is 479 Å². The molecule has 1 amide bonds. The van der Waals surface area contributed by atoms with Gasteiger partial charge < -0.3 is 135 Å². The predicted molar refractivity (Wildman–Crippen MR) is 485 cm³/mol. The van der Waals surface area contributed by atoms with Crippen molar-refractivity contribution in [3.63, 3.8) is 0 Å². The summed E-state index contributed by atoms with van der Waals surface area (Å²) in [6, 6.07) is 0.712. The first kappa shape index (κ1) is 155. The third-order valence-electron chi connectivity index (χ3n) is 16.2. The Hall–Kier alpha value is 2.97. The second-order valence-corrected chi connectivity index (χ2v) is 44.6. The van der Waals surface area contributed by atoms with Gasteiger partial charge in [-0.3, -0.25) is 19.2 Å². The van der Waals surface area contributed by atoms with Crippen LogP contribution in [0.25, 0.3) is 28.7 Å². The molecule has 5 fully saturated rings. The van der Waals surface area contributed by atoms with Crippen LogP contribution in [0.15, 0.2) is 0 Å². The van der Waals surface area contributed by atoms with Gasteiger partial charge in [0, 0.05) is 45.4 Å². The third-order valence-corrected chi connectivity index (χ3v) is 16.2. The fraction of sp³-hybridized carbons (Fsp3) is 0.873. The molecule has 738 valence electrons. The van der Waals surface area contributed by atoms with Crippen molar-refractivity contribution >= 4 is 124 Å². The van der Waals surface area contributed by atoms with Gasteiger partial charge in [-0.15, -0.1) is 0 Å². The molecule has 0 aliphatic heterocycles. The Morgan fingerprint density at radius 3 is 0.576 bits per heavy atom. The van der Waals surface area contributed by atoms with Gasteiger partial charge in [0.05, 0.1) is 39.6 Å². The summed E-state index contributed by atoms with van der Waals surface area (Å²) in [6.07, 6.45) is 44.7. The number of amides is 1. The van der Waals surface area contributed by atoms with E-state index in [1.54, 1.807) is 20.8 Å². The number of hydrogen-bond donors (Lipinski definition) is 14. The van der Waals surface area contributed by atoms with E-state index >= 15 is 0 Å². The van der Waals surface area contributed by atoms with Crippen molar-refractivity contribution in [3.05, 3.63) is 63.3 Å². The zero-order valence-electron chi connectivity index (χ0n) is 72.6. The molecule has 5 aliphatic rings. The molecule has 5 aliphatic carbocycles. The predicted octanol–water partition coefficient (Wildman–Crippen LogP) is 25.4. The third kappa shape index (κ3) is 184. The SMILES string of the molecule is CC(C)(C)CC(C)(C)NC(=O)O.CCC(=O)O.CCC(=O)O.CCC(=O)O.CCCCCCCCCCCCCCCCCC(=O)O.CO.CO.OCCO.OCCO.OCCO.[CH2-][C@@H]1CCCC[C@H]1[NH-].[CH2-][C@@H]1CCCC[C@H]1[NH-].[CH2-][C@@H]1CCCC[C@H]1[NH-].[CH2-][C@@H]1CCCC[C@H]1[NH-].[CH2-][C@@H]1CCCC[C@H]1[NH-].[Cl][Pt+2][Cl].[Cl][Pt+2][Cl].[Cl][Pt+2][Cl].[Cl][Pt+2][Cl].[Cl][Pt+2][Cl]. The molecule has 0 spiro atoms. The molecule has 0 heterocycles. The monoisotopic (exact) mass is 2810 g/mol. The van der Waals surface area contributed by atoms with Crippen molar-refractivity contribution in [1.82, 2.24) is 5.32 Å². The van der Waals surface area contributed by atoms with Gasteiger partial charge in [0.2, 0.25) is 0 Å². The summed E-state index contributed by atoms with van der Waals surface area (Å²) in [5, 5.41) is 102. The number of rotatable bonds is 24. The van der Waals surface area contributed by atoms with Gasteiger partial charge in [0.15, 0.2) is 0 Å². The van der Waals surface area contributed by atoms with E-state index in [4.69, 9.17) is 189 Å². The minimum atomic E-state index is -0.954. The van der Waals surface area contributed by atoms with Crippen LogP contribution in [0.1, 0.15) is 319 Å². The molecule has 39 heteroatoms. The van der Waals surface area contributed by atoms with E-state index in [2.05, 4.69) is 67.6 Å². The number of carboxylic acid groups (broad SMARTS) is 5. The minimum absolute atomic E-state index is 0.125. The van der Waals surface area contributed by atoms with Crippen molar-refractivity contribution < 1.29 is 173 Å². The summed E-state index contributed by atoms with van der Waals surface area (Å²) in [5.41, 5.74) is 36.9. The summed E-state index contributed by atoms with van der Waals surface area (Å²) < 4.78 is 0. The molecule has 0 bridgehead atoms. The first-order valence-electron chi connectivity index (χ1n) is 39.8. The number of halogens is 10. The van der Waals surface area contributed by atoms with Crippen LogP contribution in [-0.2, 0) is 102 Å². The standard InChI is InChI=1S/C18H36O2.C9H19NO2.5C7H13N.3C3H6O2.3C2H6O2.2CH4O.10ClH.5Pt/c1-2-3-4-5-6-7-8-9-10-11-12-13-14-15-16-17-18(19)20;1-8(2,3)6-9(4,5)10-7(11)12;5*1-6-4-2-3-5-7(6)8;3*1-2-3(4)5;3*3-1-2-4;2*1-2;;;;;;;;;;;;;;;/h2-17H2,1H3,(H,19,20);10H,6H2,1-5H3,(H,11,12);5*6-8H,1-5H2;3*2H2,1H3,(H,4,5);3*3-4H,1-2H2;2*2H,1H3;10*1H;;;;;/q;;5*-2;;;;;;;;;;;;;;;;;;;5*+4/p-10/t;;5*6-,7-;;;;;;;;;;;;;;;;;;;;;;;/m..11111......................./s1. The molecule has 0 saturated heterocycles. The zero-order valence-corrected chi connectivity index (χ0v) is 91.5. The number of aliphatic carboxylic acids is 4. The number of carbonyl (C=O) groups is 5. The summed E-state index contributed by atoms with van der Waals surface area (Å²) in [7, 11) is 50.8. The molecular formula is C79H164Cl10N6O18Pt5. The van der Waals surface area contributed by atoms with Crippen molar-refractivity contribution in [2.45, 2.75) is 355 Å². The van der Waals surface area contributed by atoms with Crippen LogP contribution in [0.5, 0.6) is 0 Å². The molecule has 19 N–H and O–H groups in total. The quantitative estimate of drug-likeness (QED) is 0.0315. The van der Waals surface area contributed by atoms with Crippen molar-refractivity contribution in [1.29, 1.82) is 0 Å². The van der Waals surface area contributed by atoms with E-state index in [1.807, 2.05) is 13.8 Å². The zero-order chi connectivity index (χ0) is 95.4. The van der Waals surface area contributed by atoms with Crippen LogP contribution < -0.4 is 5.32 Å². The maximum absolute atomic E-state index is 10.4. The summed E-state index contributed by atoms with van der Waals surface area (Å²) in [4.78, 5) is 48.8. The molecule has 0 unspecified atom stereocenters. The Bertz CT molecular complexity index is 1640. The van der Waals surface area contributed by atoms with E-state index in [0.29, 0.717) is 36.0 Å². The average Bonchev–Trinajstić information content (AvgIpc) is 0.879. The van der Waals surface area contributed by atoms with E-state index < -0.39 is 112 Å². The van der Waals surface area contributed by atoms with Gasteiger partial charge >= 0.3 is 207 Å². The summed E-state index contributed by atoms with van der Waals surface area (Å²) in [5.74, 6) is -0.788. The Morgan fingerprint density at radius 1 is 0.322 bits per heavy atom. The number of hydrogen-bond acceptors (Lipinski definition) is 13. The Balaban J connectivity index is -0.0000000753. The Labute approximate surface area is 800 Å². The Kier molecular flexibility index (Phi) is 178. The van der Waals surface area contributed by atoms with E-state index in [9.17, 15) is 24.0 Å². The number of unbranched alkanes of at least 4 members (excludes halogenated alkanes) is 14. The van der Waals surface area contributed by atoms with E-state index in [0.717, 1.165) is 65.6 Å². The van der Waals surface area contributed by atoms with Gasteiger partial charge in [-0.25, -0.2) is 4.79 Å². The number of aliphatic hydroxyl groups excluding tert-OH is 8. The molecule has 10 atom stereocenters. The van der Waals surface area contributed by atoms with Gasteiger partial charge in [-0.1, -0.05) is 267 Å². The summed E-state index contributed by atoms with van der Waals surface area (Å²) >= 11 is -2.36. The second kappa shape index (κ2) is 135. The number of aliphatic hydroxyl groups is 8. The van der Waals surface area contributed by atoms with Gasteiger partial charge in [-0.2, -0.15) is 59.8 Å². The fourth-order valence-electron chi connectivity index (χ4n) is 10.3. The second-order valence-electron chi connectivity index (χ2n) is 28.2. The van der Waals surface area contributed by atoms with Crippen molar-refractivity contribution in [3.8, 4) is 0 Å². The number of carboxylic acids is 4. The van der Waals surface area contributed by atoms with Gasteiger partial charge in [0.1, 0.15) is 0 Å². The molecule has 0 aromatic carbocycles. The van der Waals surface area contributed by atoms with Gasteiger partial charge in [0.25, 0.3) is 0 Å². The van der Waals surface area contributed by atoms with Gasteiger partial charge in [-0.05, 0) is 32.1 Å². The first-order chi connectivity index (χ1) is 55.5. The molecule has 0 radical (unpaired) electrons. The van der Waals surface area contributed by atoms with Crippen molar-refractivity contribution in [2.75, 3.05) is 53.9 Å². The van der Waals surface area contributed by atoms with Crippen LogP contribution >= 0.6 is 94.2 Å². The number of nitrogens with one attached hydrogen (secondary N) is 6. The first-order valence-corrected chi connectivity index (χ1v) is 68.0. The maximum atomic E-state index is 10.4. The normalized spacial score (nSPS) is 19.3. The molecule has 24 nitrogen and oxygen atoms in total. The van der Waals surface area contributed by atoms with E-state index in [-0.39, 0.29) is 100 Å². The molecule has 0 aromatic rings. The Morgan fingerprint density at radius 2 is 0.475 bits per heavy atom. The van der Waals surface area contributed by atoms with E-state index in [1.165, 1.54) is 180 Å². The molecule has 118 heavy (non-hydrogen) atoms. The van der Waals surface area contributed by atoms with Crippen LogP contribution in [0, 0.1) is 69.6 Å². The molecule has 5 rings (SSSR count). The summed E-state index contributed by atoms with van der Waals surface area (Å²) in [6.45, 7) is 35.9. The average molecular weight is 2820 g/mol. The fourth-order valence-corrected chi connectivity index (χ4v) is 10.3. The van der Waals surface area contributed by atoms with Crippen LogP contribution in [0.2, 0.25) is 0 Å². The van der Waals surface area contributed by atoms with Crippen LogP contribution in [0.4, 0.5) is 4.79 Å². The van der Waals surface area contributed by atoms with Crippen LogP contribution in [0.3, 0.4) is 0 Å². The molecule has 0 aromatic heterocycles. The molecule has 5 saturated carbocycles. The van der Waals surface area contributed by atoms with Crippen molar-refractivity contribution in [2.24, 2.45) is 35.0 Å². The van der Waals surface area contributed by atoms with Crippen LogP contribution in [-0.4, -0.2) is 186 Å². The molecular weight excluding hydrogens is 2650 g/mol.